The van der Waals surface area contributed by atoms with Crippen LogP contribution in [0.1, 0.15) is 25.5 Å². The van der Waals surface area contributed by atoms with E-state index in [1.54, 1.807) is 18.2 Å². The first-order valence-corrected chi connectivity index (χ1v) is 4.15. The van der Waals surface area contributed by atoms with E-state index < -0.39 is 0 Å². The molecular weight excluding hydrogens is 166 g/mol. The molecule has 1 amide bonds. The number of carbonyl (C=O) groups is 1. The Morgan fingerprint density at radius 3 is 2.77 bits per heavy atom. The molecule has 0 aromatic heterocycles. The second-order valence-electron chi connectivity index (χ2n) is 3.02. The van der Waals surface area contributed by atoms with E-state index in [4.69, 9.17) is 0 Å². The molecule has 13 heavy (non-hydrogen) atoms. The fourth-order valence-corrected chi connectivity index (χ4v) is 1.18. The summed E-state index contributed by atoms with van der Waals surface area (Å²) in [7, 11) is 0. The van der Waals surface area contributed by atoms with Crippen LogP contribution in [0.3, 0.4) is 0 Å². The van der Waals surface area contributed by atoms with E-state index in [0.29, 0.717) is 0 Å². The second-order valence-corrected chi connectivity index (χ2v) is 3.02. The van der Waals surface area contributed by atoms with Gasteiger partial charge in [0.05, 0.1) is 6.04 Å². The molecule has 3 nitrogen and oxygen atoms in total. The van der Waals surface area contributed by atoms with Gasteiger partial charge >= 0.3 is 0 Å². The van der Waals surface area contributed by atoms with Crippen molar-refractivity contribution in [1.29, 1.82) is 0 Å². The van der Waals surface area contributed by atoms with Gasteiger partial charge in [0.1, 0.15) is 5.75 Å². The number of hydrogen-bond donors (Lipinski definition) is 2. The number of carbonyl (C=O) groups excluding carboxylic acids is 1. The molecule has 0 saturated carbocycles. The molecule has 0 saturated heterocycles. The molecular formula is C10H13NO2. The highest BCUT2D eigenvalue weighted by atomic mass is 16.3. The van der Waals surface area contributed by atoms with Crippen LogP contribution >= 0.6 is 0 Å². The van der Waals surface area contributed by atoms with E-state index in [9.17, 15) is 9.90 Å². The summed E-state index contributed by atoms with van der Waals surface area (Å²) in [5, 5.41) is 11.9. The van der Waals surface area contributed by atoms with Crippen LogP contribution < -0.4 is 5.32 Å². The maximum atomic E-state index is 10.7. The number of nitrogens with one attached hydrogen (secondary N) is 1. The van der Waals surface area contributed by atoms with Crippen LogP contribution in [0.25, 0.3) is 0 Å². The average molecular weight is 179 g/mol. The van der Waals surface area contributed by atoms with Gasteiger partial charge < -0.3 is 10.4 Å². The summed E-state index contributed by atoms with van der Waals surface area (Å²) in [6.07, 6.45) is 0. The van der Waals surface area contributed by atoms with Crippen molar-refractivity contribution in [3.8, 4) is 5.75 Å². The highest BCUT2D eigenvalue weighted by molar-refractivity contribution is 5.73. The molecule has 0 aliphatic carbocycles. The second kappa shape index (κ2) is 3.94. The minimum Gasteiger partial charge on any atom is -0.508 e. The molecule has 1 unspecified atom stereocenters. The van der Waals surface area contributed by atoms with Crippen molar-refractivity contribution in [3.05, 3.63) is 29.8 Å². The van der Waals surface area contributed by atoms with Crippen molar-refractivity contribution >= 4 is 5.91 Å². The zero-order valence-electron chi connectivity index (χ0n) is 7.74. The minimum atomic E-state index is -0.0733. The number of aromatic hydroxyl groups is 1. The van der Waals surface area contributed by atoms with Crippen molar-refractivity contribution in [1.82, 2.24) is 5.32 Å². The van der Waals surface area contributed by atoms with Crippen molar-refractivity contribution in [2.45, 2.75) is 19.9 Å². The van der Waals surface area contributed by atoms with Gasteiger partial charge in [-0.1, -0.05) is 12.1 Å². The van der Waals surface area contributed by atoms with Crippen LogP contribution in [0.2, 0.25) is 0 Å². The Hall–Kier alpha value is -1.51. The molecule has 1 rings (SSSR count). The number of phenols is 1. The van der Waals surface area contributed by atoms with Gasteiger partial charge in [-0.2, -0.15) is 0 Å². The highest BCUT2D eigenvalue weighted by Gasteiger charge is 2.05. The topological polar surface area (TPSA) is 49.3 Å². The molecule has 0 bridgehead atoms. The molecule has 1 aromatic carbocycles. The Morgan fingerprint density at radius 2 is 2.23 bits per heavy atom. The van der Waals surface area contributed by atoms with Gasteiger partial charge in [0.25, 0.3) is 0 Å². The fraction of sp³-hybridized carbons (Fsp3) is 0.300. The molecule has 70 valence electrons. The predicted molar refractivity (Wildman–Crippen MR) is 50.3 cm³/mol. The number of benzene rings is 1. The summed E-state index contributed by atoms with van der Waals surface area (Å²) < 4.78 is 0. The van der Waals surface area contributed by atoms with Gasteiger partial charge in [-0.15, -0.1) is 0 Å². The lowest BCUT2D eigenvalue weighted by molar-refractivity contribution is -0.119. The van der Waals surface area contributed by atoms with Crippen molar-refractivity contribution < 1.29 is 9.90 Å². The van der Waals surface area contributed by atoms with Crippen LogP contribution in [-0.2, 0) is 4.79 Å². The van der Waals surface area contributed by atoms with E-state index >= 15 is 0 Å². The third-order valence-corrected chi connectivity index (χ3v) is 1.79. The Bertz CT molecular complexity index is 310. The smallest absolute Gasteiger partial charge is 0.217 e. The lowest BCUT2D eigenvalue weighted by Crippen LogP contribution is -2.23. The molecule has 1 aromatic rings. The summed E-state index contributed by atoms with van der Waals surface area (Å²) in [5.41, 5.74) is 0.898. The van der Waals surface area contributed by atoms with Gasteiger partial charge in [0.2, 0.25) is 5.91 Å². The first-order valence-electron chi connectivity index (χ1n) is 4.15. The van der Waals surface area contributed by atoms with Gasteiger partial charge in [-0.05, 0) is 24.6 Å². The first kappa shape index (κ1) is 9.58. The minimum absolute atomic E-state index is 0.0652. The van der Waals surface area contributed by atoms with E-state index in [-0.39, 0.29) is 17.7 Å². The molecule has 3 heteroatoms. The van der Waals surface area contributed by atoms with Crippen molar-refractivity contribution in [3.63, 3.8) is 0 Å². The number of rotatable bonds is 2. The monoisotopic (exact) mass is 179 g/mol. The third-order valence-electron chi connectivity index (χ3n) is 1.79. The number of phenolic OH excluding ortho intramolecular Hbond substituents is 1. The van der Waals surface area contributed by atoms with Crippen LogP contribution in [0.5, 0.6) is 5.75 Å². The van der Waals surface area contributed by atoms with Crippen LogP contribution in [0.15, 0.2) is 24.3 Å². The molecule has 1 atom stereocenters. The molecule has 0 aliphatic heterocycles. The largest absolute Gasteiger partial charge is 0.508 e. The SMILES string of the molecule is CC(=O)NC(C)c1cccc(O)c1. The molecule has 0 heterocycles. The van der Waals surface area contributed by atoms with Crippen molar-refractivity contribution in [2.24, 2.45) is 0 Å². The zero-order valence-corrected chi connectivity index (χ0v) is 7.74. The summed E-state index contributed by atoms with van der Waals surface area (Å²) in [4.78, 5) is 10.7. The standard InChI is InChI=1S/C10H13NO2/c1-7(11-8(2)12)9-4-3-5-10(13)6-9/h3-7,13H,1-2H3,(H,11,12). The summed E-state index contributed by atoms with van der Waals surface area (Å²) in [6, 6.07) is 6.79. The number of hydrogen-bond acceptors (Lipinski definition) is 2. The lowest BCUT2D eigenvalue weighted by Gasteiger charge is -2.12. The van der Waals surface area contributed by atoms with Crippen LogP contribution in [0.4, 0.5) is 0 Å². The Balaban J connectivity index is 2.76. The van der Waals surface area contributed by atoms with E-state index in [1.165, 1.54) is 6.92 Å². The highest BCUT2D eigenvalue weighted by Crippen LogP contribution is 2.17. The number of amides is 1. The Morgan fingerprint density at radius 1 is 1.54 bits per heavy atom. The molecule has 0 fully saturated rings. The normalized spacial score (nSPS) is 12.2. The van der Waals surface area contributed by atoms with Crippen LogP contribution in [0, 0.1) is 0 Å². The maximum absolute atomic E-state index is 10.7. The van der Waals surface area contributed by atoms with Gasteiger partial charge in [0.15, 0.2) is 0 Å². The lowest BCUT2D eigenvalue weighted by atomic mass is 10.1. The first-order chi connectivity index (χ1) is 6.09. The maximum Gasteiger partial charge on any atom is 0.217 e. The van der Waals surface area contributed by atoms with E-state index in [0.717, 1.165) is 5.56 Å². The van der Waals surface area contributed by atoms with Gasteiger partial charge in [0, 0.05) is 6.92 Å². The van der Waals surface area contributed by atoms with Gasteiger partial charge in [-0.3, -0.25) is 4.79 Å². The fourth-order valence-electron chi connectivity index (χ4n) is 1.18. The van der Waals surface area contributed by atoms with Crippen LogP contribution in [-0.4, -0.2) is 11.0 Å². The van der Waals surface area contributed by atoms with Crippen molar-refractivity contribution in [2.75, 3.05) is 0 Å². The van der Waals surface area contributed by atoms with E-state index in [2.05, 4.69) is 5.32 Å². The summed E-state index contributed by atoms with van der Waals surface area (Å²) >= 11 is 0. The molecule has 0 spiro atoms. The average Bonchev–Trinajstić information content (AvgIpc) is 2.03. The molecule has 0 radical (unpaired) electrons. The molecule has 0 aliphatic rings. The Kier molecular flexibility index (Phi) is 2.90. The molecule has 2 N–H and O–H groups in total. The zero-order chi connectivity index (χ0) is 9.84. The Labute approximate surface area is 77.4 Å². The quantitative estimate of drug-likeness (QED) is 0.724. The predicted octanol–water partition coefficient (Wildman–Crippen LogP) is 1.59. The summed E-state index contributed by atoms with van der Waals surface area (Å²) in [5.74, 6) is 0.144. The third kappa shape index (κ3) is 2.78. The van der Waals surface area contributed by atoms with E-state index in [1.807, 2.05) is 13.0 Å². The van der Waals surface area contributed by atoms with Gasteiger partial charge in [-0.25, -0.2) is 0 Å². The summed E-state index contributed by atoms with van der Waals surface area (Å²) in [6.45, 7) is 3.34.